The van der Waals surface area contributed by atoms with Crippen LogP contribution in [-0.4, -0.2) is 0 Å². The van der Waals surface area contributed by atoms with Crippen molar-refractivity contribution in [3.8, 4) is 44.5 Å². The van der Waals surface area contributed by atoms with Crippen LogP contribution in [0.4, 0.5) is 17.1 Å². The van der Waals surface area contributed by atoms with Gasteiger partial charge in [-0.05, 0) is 128 Å². The molecule has 0 atom stereocenters. The molecule has 0 spiro atoms. The fourth-order valence-corrected chi connectivity index (χ4v) is 10.7. The second kappa shape index (κ2) is 13.4. The highest BCUT2D eigenvalue weighted by molar-refractivity contribution is 7.25. The molecule has 0 aliphatic heterocycles. The molecule has 0 N–H and O–H groups in total. The summed E-state index contributed by atoms with van der Waals surface area (Å²) in [4.78, 5) is 2.40. The monoisotopic (exact) mass is 785 g/mol. The van der Waals surface area contributed by atoms with E-state index in [1.165, 1.54) is 64.7 Å². The van der Waals surface area contributed by atoms with Crippen LogP contribution in [0, 0.1) is 0 Å². The van der Waals surface area contributed by atoms with E-state index in [4.69, 9.17) is 4.42 Å². The van der Waals surface area contributed by atoms with Crippen molar-refractivity contribution in [3.63, 3.8) is 0 Å². The Hall–Kier alpha value is -7.20. The second-order valence-corrected chi connectivity index (χ2v) is 17.6. The number of nitrogens with zero attached hydrogens (tertiary/aromatic N) is 1. The number of fused-ring (bicyclic) bond motifs is 9. The molecule has 0 saturated heterocycles. The van der Waals surface area contributed by atoms with E-state index in [1.807, 2.05) is 17.4 Å². The van der Waals surface area contributed by atoms with Crippen molar-refractivity contribution in [2.75, 3.05) is 4.90 Å². The number of para-hydroxylation sites is 1. The van der Waals surface area contributed by atoms with Gasteiger partial charge in [0, 0.05) is 53.4 Å². The van der Waals surface area contributed by atoms with Crippen molar-refractivity contribution in [1.82, 2.24) is 0 Å². The molecule has 2 heterocycles. The lowest BCUT2D eigenvalue weighted by molar-refractivity contribution is 0.660. The van der Waals surface area contributed by atoms with Crippen molar-refractivity contribution < 1.29 is 4.42 Å². The normalized spacial score (nSPS) is 13.0. The van der Waals surface area contributed by atoms with Crippen molar-refractivity contribution >= 4 is 70.5 Å². The Kier molecular flexibility index (Phi) is 7.79. The lowest BCUT2D eigenvalue weighted by atomic mass is 9.82. The number of furan rings is 1. The Morgan fingerprint density at radius 2 is 0.967 bits per heavy atom. The maximum Gasteiger partial charge on any atom is 0.136 e. The number of benzene rings is 9. The van der Waals surface area contributed by atoms with Gasteiger partial charge < -0.3 is 9.32 Å². The van der Waals surface area contributed by atoms with Crippen LogP contribution in [0.15, 0.2) is 205 Å². The first-order valence-corrected chi connectivity index (χ1v) is 21.5. The van der Waals surface area contributed by atoms with E-state index in [0.29, 0.717) is 0 Å². The summed E-state index contributed by atoms with van der Waals surface area (Å²) in [5.74, 6) is 0. The molecule has 284 valence electrons. The molecule has 0 radical (unpaired) electrons. The minimum absolute atomic E-state index is 0.112. The number of rotatable bonds is 6. The van der Waals surface area contributed by atoms with Gasteiger partial charge in [-0.2, -0.15) is 0 Å². The van der Waals surface area contributed by atoms with Gasteiger partial charge in [0.15, 0.2) is 0 Å². The first-order valence-electron chi connectivity index (χ1n) is 20.7. The molecule has 0 bridgehead atoms. The maximum absolute atomic E-state index is 6.51. The Balaban J connectivity index is 1.01. The highest BCUT2D eigenvalue weighted by Crippen LogP contribution is 2.51. The Labute approximate surface area is 353 Å². The summed E-state index contributed by atoms with van der Waals surface area (Å²) in [5.41, 5.74) is 17.5. The molecule has 0 fully saturated rings. The molecule has 0 amide bonds. The Morgan fingerprint density at radius 3 is 1.78 bits per heavy atom. The third kappa shape index (κ3) is 5.47. The number of anilines is 3. The maximum atomic E-state index is 6.51. The largest absolute Gasteiger partial charge is 0.456 e. The predicted molar refractivity (Wildman–Crippen MR) is 255 cm³/mol. The lowest BCUT2D eigenvalue weighted by Gasteiger charge is -2.28. The second-order valence-electron chi connectivity index (χ2n) is 16.5. The lowest BCUT2D eigenvalue weighted by Crippen LogP contribution is -2.16. The first-order chi connectivity index (χ1) is 29.5. The number of thiophene rings is 1. The summed E-state index contributed by atoms with van der Waals surface area (Å²) in [6, 6.07) is 73.2. The smallest absolute Gasteiger partial charge is 0.136 e. The molecule has 9 aromatic carbocycles. The summed E-state index contributed by atoms with van der Waals surface area (Å²) in [6.45, 7) is 4.70. The number of hydrogen-bond donors (Lipinski definition) is 0. The topological polar surface area (TPSA) is 16.4 Å². The molecular weight excluding hydrogens is 747 g/mol. The molecule has 1 aliphatic carbocycles. The van der Waals surface area contributed by atoms with Crippen LogP contribution < -0.4 is 4.90 Å². The first kappa shape index (κ1) is 34.8. The highest BCUT2D eigenvalue weighted by Gasteiger charge is 2.35. The standard InChI is InChI=1S/C57H39NOS/c1-57(2)51-17-9-6-14-43(51)44-30-29-42(33-52(44)57)58(40-25-20-37(21-26-40)36-12-4-3-5-13-36)41-27-22-38(23-28-41)48-35-54-49(45-15-7-10-18-53(45)59-54)34-47(48)39-24-31-56-50(32-39)46-16-8-11-19-55(46)60-56/h3-35H,1-2H3. The summed E-state index contributed by atoms with van der Waals surface area (Å²) < 4.78 is 9.12. The minimum atomic E-state index is -0.112. The van der Waals surface area contributed by atoms with E-state index in [1.54, 1.807) is 0 Å². The van der Waals surface area contributed by atoms with E-state index in [2.05, 4.69) is 213 Å². The van der Waals surface area contributed by atoms with E-state index in [9.17, 15) is 0 Å². The van der Waals surface area contributed by atoms with Crippen molar-refractivity contribution in [2.45, 2.75) is 19.3 Å². The summed E-state index contributed by atoms with van der Waals surface area (Å²) in [7, 11) is 0. The zero-order valence-electron chi connectivity index (χ0n) is 33.3. The summed E-state index contributed by atoms with van der Waals surface area (Å²) in [5, 5.41) is 4.85. The molecule has 1 aliphatic rings. The van der Waals surface area contributed by atoms with Crippen LogP contribution in [0.2, 0.25) is 0 Å². The SMILES string of the molecule is CC1(C)c2ccccc2-c2ccc(N(c3ccc(-c4ccccc4)cc3)c3ccc(-c4cc5oc6ccccc6c5cc4-c4ccc5sc6ccccc6c5c4)cc3)cc21. The predicted octanol–water partition coefficient (Wildman–Crippen LogP) is 16.7. The zero-order chi connectivity index (χ0) is 40.0. The minimum Gasteiger partial charge on any atom is -0.456 e. The molecular formula is C57H39NOS. The van der Waals surface area contributed by atoms with Gasteiger partial charge >= 0.3 is 0 Å². The fourth-order valence-electron chi connectivity index (χ4n) is 9.64. The van der Waals surface area contributed by atoms with Gasteiger partial charge in [-0.3, -0.25) is 0 Å². The van der Waals surface area contributed by atoms with Crippen molar-refractivity contribution in [2.24, 2.45) is 0 Å². The van der Waals surface area contributed by atoms with Crippen LogP contribution in [-0.2, 0) is 5.41 Å². The van der Waals surface area contributed by atoms with Gasteiger partial charge in [-0.1, -0.05) is 141 Å². The fraction of sp³-hybridized carbons (Fsp3) is 0.0526. The molecule has 0 unspecified atom stereocenters. The van der Waals surface area contributed by atoms with Crippen molar-refractivity contribution in [3.05, 3.63) is 211 Å². The average molecular weight is 786 g/mol. The Bertz CT molecular complexity index is 3440. The van der Waals surface area contributed by atoms with Gasteiger partial charge in [-0.25, -0.2) is 0 Å². The average Bonchev–Trinajstić information content (AvgIpc) is 3.93. The third-order valence-corrected chi connectivity index (χ3v) is 13.9. The quantitative estimate of drug-likeness (QED) is 0.167. The van der Waals surface area contributed by atoms with Gasteiger partial charge in [0.25, 0.3) is 0 Å². The highest BCUT2D eigenvalue weighted by atomic mass is 32.1. The van der Waals surface area contributed by atoms with E-state index < -0.39 is 0 Å². The van der Waals surface area contributed by atoms with Gasteiger partial charge in [0.2, 0.25) is 0 Å². The molecule has 3 heteroatoms. The molecule has 11 aromatic rings. The van der Waals surface area contributed by atoms with E-state index in [0.717, 1.165) is 50.1 Å². The zero-order valence-corrected chi connectivity index (χ0v) is 34.1. The molecule has 12 rings (SSSR count). The van der Waals surface area contributed by atoms with Gasteiger partial charge in [-0.15, -0.1) is 11.3 Å². The third-order valence-electron chi connectivity index (χ3n) is 12.7. The molecule has 2 aromatic heterocycles. The molecule has 60 heavy (non-hydrogen) atoms. The van der Waals surface area contributed by atoms with Crippen LogP contribution in [0.25, 0.3) is 86.6 Å². The molecule has 0 saturated carbocycles. The van der Waals surface area contributed by atoms with E-state index >= 15 is 0 Å². The van der Waals surface area contributed by atoms with Gasteiger partial charge in [0.05, 0.1) is 0 Å². The Morgan fingerprint density at radius 1 is 0.367 bits per heavy atom. The van der Waals surface area contributed by atoms with Crippen LogP contribution in [0.3, 0.4) is 0 Å². The van der Waals surface area contributed by atoms with Crippen LogP contribution in [0.5, 0.6) is 0 Å². The van der Waals surface area contributed by atoms with Crippen LogP contribution >= 0.6 is 11.3 Å². The van der Waals surface area contributed by atoms with Gasteiger partial charge in [0.1, 0.15) is 11.2 Å². The summed E-state index contributed by atoms with van der Waals surface area (Å²) >= 11 is 1.86. The summed E-state index contributed by atoms with van der Waals surface area (Å²) in [6.07, 6.45) is 0. The van der Waals surface area contributed by atoms with Crippen molar-refractivity contribution in [1.29, 1.82) is 0 Å². The molecule has 2 nitrogen and oxygen atoms in total. The van der Waals surface area contributed by atoms with Crippen LogP contribution in [0.1, 0.15) is 25.0 Å². The number of hydrogen-bond acceptors (Lipinski definition) is 3. The van der Waals surface area contributed by atoms with E-state index in [-0.39, 0.29) is 5.41 Å².